The highest BCUT2D eigenvalue weighted by Gasteiger charge is 2.24. The van der Waals surface area contributed by atoms with E-state index in [2.05, 4.69) is 26.1 Å². The number of benzene rings is 1. The molecule has 1 unspecified atom stereocenters. The highest BCUT2D eigenvalue weighted by atomic mass is 35.5. The highest BCUT2D eigenvalue weighted by molar-refractivity contribution is 6.31. The Morgan fingerprint density at radius 3 is 2.39 bits per heavy atom. The van der Waals surface area contributed by atoms with Gasteiger partial charge in [0.2, 0.25) is 0 Å². The molecule has 1 N–H and O–H groups in total. The molecule has 0 heterocycles. The number of rotatable bonds is 7. The molecular weight excluding hydrogens is 249 g/mol. The quantitative estimate of drug-likeness (QED) is 0.739. The van der Waals surface area contributed by atoms with Crippen molar-refractivity contribution >= 4 is 11.6 Å². The highest BCUT2D eigenvalue weighted by Crippen LogP contribution is 2.33. The van der Waals surface area contributed by atoms with Gasteiger partial charge in [-0.25, -0.2) is 4.39 Å². The standard InChI is InChI=1S/C15H23ClFN/c1-4-10-18-15(11(5-2)6-3)14-12(16)8-7-9-13(14)17/h7-9,11,15,18H,4-6,10H2,1-3H3. The minimum Gasteiger partial charge on any atom is -0.310 e. The Kier molecular flexibility index (Phi) is 6.66. The average molecular weight is 272 g/mol. The van der Waals surface area contributed by atoms with Crippen LogP contribution in [0.2, 0.25) is 5.02 Å². The van der Waals surface area contributed by atoms with E-state index in [9.17, 15) is 4.39 Å². The molecule has 0 saturated carbocycles. The summed E-state index contributed by atoms with van der Waals surface area (Å²) in [5, 5.41) is 3.97. The third kappa shape index (κ3) is 3.69. The number of nitrogens with one attached hydrogen (secondary N) is 1. The fraction of sp³-hybridized carbons (Fsp3) is 0.600. The maximum atomic E-state index is 14.0. The second-order valence-electron chi connectivity index (χ2n) is 4.64. The monoisotopic (exact) mass is 271 g/mol. The molecule has 0 aromatic heterocycles. The Morgan fingerprint density at radius 2 is 1.89 bits per heavy atom. The summed E-state index contributed by atoms with van der Waals surface area (Å²) in [5.74, 6) is 0.203. The average Bonchev–Trinajstić information content (AvgIpc) is 2.36. The largest absolute Gasteiger partial charge is 0.310 e. The maximum absolute atomic E-state index is 14.0. The van der Waals surface area contributed by atoms with Gasteiger partial charge in [0.25, 0.3) is 0 Å². The van der Waals surface area contributed by atoms with Crippen LogP contribution in [0.1, 0.15) is 51.6 Å². The Bertz CT molecular complexity index is 343. The molecule has 0 amide bonds. The lowest BCUT2D eigenvalue weighted by Crippen LogP contribution is -2.29. The molecule has 0 aliphatic carbocycles. The molecule has 18 heavy (non-hydrogen) atoms. The van der Waals surface area contributed by atoms with Crippen LogP contribution >= 0.6 is 11.6 Å². The van der Waals surface area contributed by atoms with Crippen molar-refractivity contribution in [2.75, 3.05) is 6.54 Å². The van der Waals surface area contributed by atoms with Gasteiger partial charge in [0.1, 0.15) is 5.82 Å². The number of hydrogen-bond donors (Lipinski definition) is 1. The molecule has 0 spiro atoms. The fourth-order valence-corrected chi connectivity index (χ4v) is 2.65. The van der Waals surface area contributed by atoms with E-state index in [0.717, 1.165) is 25.8 Å². The van der Waals surface area contributed by atoms with Crippen molar-refractivity contribution in [2.45, 2.75) is 46.1 Å². The van der Waals surface area contributed by atoms with E-state index in [1.807, 2.05) is 0 Å². The van der Waals surface area contributed by atoms with Crippen molar-refractivity contribution < 1.29 is 4.39 Å². The van der Waals surface area contributed by atoms with Crippen LogP contribution < -0.4 is 5.32 Å². The van der Waals surface area contributed by atoms with Gasteiger partial charge in [-0.1, -0.05) is 51.3 Å². The number of hydrogen-bond acceptors (Lipinski definition) is 1. The fourth-order valence-electron chi connectivity index (χ4n) is 2.37. The lowest BCUT2D eigenvalue weighted by Gasteiger charge is -2.28. The van der Waals surface area contributed by atoms with Crippen molar-refractivity contribution in [1.29, 1.82) is 0 Å². The minimum absolute atomic E-state index is 0.00801. The van der Waals surface area contributed by atoms with Crippen LogP contribution in [0.15, 0.2) is 18.2 Å². The van der Waals surface area contributed by atoms with Crippen LogP contribution in [-0.2, 0) is 0 Å². The van der Waals surface area contributed by atoms with Gasteiger partial charge in [0.05, 0.1) is 0 Å². The van der Waals surface area contributed by atoms with Crippen molar-refractivity contribution in [3.63, 3.8) is 0 Å². The molecule has 0 aliphatic heterocycles. The van der Waals surface area contributed by atoms with E-state index in [-0.39, 0.29) is 11.9 Å². The molecule has 1 aromatic carbocycles. The summed E-state index contributed by atoms with van der Waals surface area (Å²) >= 11 is 6.18. The predicted molar refractivity (Wildman–Crippen MR) is 76.5 cm³/mol. The lowest BCUT2D eigenvalue weighted by atomic mass is 9.88. The van der Waals surface area contributed by atoms with Gasteiger partial charge in [-0.3, -0.25) is 0 Å². The van der Waals surface area contributed by atoms with Gasteiger partial charge in [-0.15, -0.1) is 0 Å². The van der Waals surface area contributed by atoms with E-state index < -0.39 is 0 Å². The van der Waals surface area contributed by atoms with Crippen molar-refractivity contribution in [3.8, 4) is 0 Å². The molecular formula is C15H23ClFN. The van der Waals surface area contributed by atoms with Gasteiger partial charge >= 0.3 is 0 Å². The molecule has 1 nitrogen and oxygen atoms in total. The summed E-state index contributed by atoms with van der Waals surface area (Å²) in [6, 6.07) is 4.92. The lowest BCUT2D eigenvalue weighted by molar-refractivity contribution is 0.333. The Balaban J connectivity index is 3.08. The Labute approximate surface area is 115 Å². The summed E-state index contributed by atoms with van der Waals surface area (Å²) in [6.45, 7) is 7.28. The predicted octanol–water partition coefficient (Wildman–Crippen LogP) is 4.96. The van der Waals surface area contributed by atoms with Gasteiger partial charge in [-0.2, -0.15) is 0 Å². The van der Waals surface area contributed by atoms with Crippen molar-refractivity contribution in [1.82, 2.24) is 5.32 Å². The third-order valence-corrected chi connectivity index (χ3v) is 3.77. The Hall–Kier alpha value is -0.600. The summed E-state index contributed by atoms with van der Waals surface area (Å²) in [5.41, 5.74) is 0.626. The molecule has 0 aliphatic rings. The first-order valence-electron chi connectivity index (χ1n) is 6.82. The van der Waals surface area contributed by atoms with Gasteiger partial charge in [0, 0.05) is 16.6 Å². The molecule has 3 heteroatoms. The van der Waals surface area contributed by atoms with Crippen molar-refractivity contribution in [2.24, 2.45) is 5.92 Å². The zero-order chi connectivity index (χ0) is 13.5. The molecule has 1 rings (SSSR count). The maximum Gasteiger partial charge on any atom is 0.129 e. The van der Waals surface area contributed by atoms with E-state index in [0.29, 0.717) is 16.5 Å². The molecule has 102 valence electrons. The van der Waals surface area contributed by atoms with Gasteiger partial charge in [-0.05, 0) is 31.0 Å². The topological polar surface area (TPSA) is 12.0 Å². The van der Waals surface area contributed by atoms with Crippen LogP contribution in [0.5, 0.6) is 0 Å². The molecule has 0 saturated heterocycles. The van der Waals surface area contributed by atoms with Gasteiger partial charge in [0.15, 0.2) is 0 Å². The summed E-state index contributed by atoms with van der Waals surface area (Å²) in [7, 11) is 0. The normalized spacial score (nSPS) is 13.0. The zero-order valence-electron chi connectivity index (χ0n) is 11.5. The van der Waals surface area contributed by atoms with Crippen LogP contribution in [-0.4, -0.2) is 6.54 Å². The first kappa shape index (κ1) is 15.5. The molecule has 1 aromatic rings. The van der Waals surface area contributed by atoms with E-state index in [4.69, 9.17) is 11.6 Å². The number of halogens is 2. The van der Waals surface area contributed by atoms with Crippen LogP contribution in [0.3, 0.4) is 0 Å². The van der Waals surface area contributed by atoms with E-state index >= 15 is 0 Å². The first-order chi connectivity index (χ1) is 8.65. The third-order valence-electron chi connectivity index (χ3n) is 3.45. The smallest absolute Gasteiger partial charge is 0.129 e. The SMILES string of the molecule is CCCNC(c1c(F)cccc1Cl)C(CC)CC. The summed E-state index contributed by atoms with van der Waals surface area (Å²) < 4.78 is 14.0. The van der Waals surface area contributed by atoms with Crippen LogP contribution in [0, 0.1) is 11.7 Å². The summed E-state index contributed by atoms with van der Waals surface area (Å²) in [4.78, 5) is 0. The minimum atomic E-state index is -0.206. The van der Waals surface area contributed by atoms with E-state index in [1.165, 1.54) is 6.07 Å². The summed E-state index contributed by atoms with van der Waals surface area (Å²) in [6.07, 6.45) is 3.06. The first-order valence-corrected chi connectivity index (χ1v) is 7.20. The second-order valence-corrected chi connectivity index (χ2v) is 5.05. The zero-order valence-corrected chi connectivity index (χ0v) is 12.2. The molecule has 1 atom stereocenters. The molecule has 0 bridgehead atoms. The van der Waals surface area contributed by atoms with Gasteiger partial charge < -0.3 is 5.32 Å². The Morgan fingerprint density at radius 1 is 1.22 bits per heavy atom. The molecule has 0 fully saturated rings. The molecule has 0 radical (unpaired) electrons. The van der Waals surface area contributed by atoms with E-state index in [1.54, 1.807) is 12.1 Å². The van der Waals surface area contributed by atoms with Crippen LogP contribution in [0.4, 0.5) is 4.39 Å². The van der Waals surface area contributed by atoms with Crippen LogP contribution in [0.25, 0.3) is 0 Å². The van der Waals surface area contributed by atoms with Crippen molar-refractivity contribution in [3.05, 3.63) is 34.6 Å². The second kappa shape index (κ2) is 7.75.